The average molecular weight is 453 g/mol. The minimum Gasteiger partial charge on any atom is -0.454 e. The van der Waals surface area contributed by atoms with E-state index in [1.807, 2.05) is 36.4 Å². The van der Waals surface area contributed by atoms with Crippen molar-refractivity contribution in [2.45, 2.75) is 33.2 Å². The van der Waals surface area contributed by atoms with Crippen LogP contribution in [0.5, 0.6) is 11.5 Å². The Morgan fingerprint density at radius 3 is 2.75 bits per heavy atom. The first-order valence-electron chi connectivity index (χ1n) is 10.8. The summed E-state index contributed by atoms with van der Waals surface area (Å²) in [7, 11) is 0. The topological polar surface area (TPSA) is 76.6 Å². The number of anilines is 1. The second-order valence-electron chi connectivity index (χ2n) is 8.21. The first-order valence-corrected chi connectivity index (χ1v) is 11.6. The number of aromatic nitrogens is 2. The van der Waals surface area contributed by atoms with Gasteiger partial charge >= 0.3 is 0 Å². The Labute approximate surface area is 192 Å². The van der Waals surface area contributed by atoms with Crippen LogP contribution in [0.2, 0.25) is 0 Å². The van der Waals surface area contributed by atoms with E-state index < -0.39 is 0 Å². The van der Waals surface area contributed by atoms with E-state index in [1.54, 1.807) is 0 Å². The van der Waals surface area contributed by atoms with E-state index in [9.17, 15) is 4.79 Å². The van der Waals surface area contributed by atoms with Gasteiger partial charge in [-0.1, -0.05) is 50.2 Å². The second kappa shape index (κ2) is 10.5. The molecule has 3 aromatic rings. The number of carbonyl (C=O) groups excluding carboxylic acids is 1. The molecule has 1 aromatic heterocycles. The van der Waals surface area contributed by atoms with Gasteiger partial charge in [-0.3, -0.25) is 4.79 Å². The zero-order chi connectivity index (χ0) is 22.3. The molecule has 1 N–H and O–H groups in total. The number of carbonyl (C=O) groups is 1. The highest BCUT2D eigenvalue weighted by Gasteiger charge is 2.17. The highest BCUT2D eigenvalue weighted by molar-refractivity contribution is 7.09. The Hall–Kier alpha value is -3.13. The number of fused-ring (bicyclic) bond motifs is 1. The van der Waals surface area contributed by atoms with E-state index in [2.05, 4.69) is 40.6 Å². The minimum atomic E-state index is 0.00504. The first kappa shape index (κ1) is 22.1. The van der Waals surface area contributed by atoms with Crippen molar-refractivity contribution in [1.82, 2.24) is 14.7 Å². The molecule has 0 saturated heterocycles. The Bertz CT molecular complexity index is 1040. The molecule has 0 bridgehead atoms. The third-order valence-corrected chi connectivity index (χ3v) is 5.87. The quantitative estimate of drug-likeness (QED) is 0.501. The maximum atomic E-state index is 12.5. The SMILES string of the molecule is CC(C)CN(CCC(=O)NCc1ccc2c(c1)OCO2)c1nc(Cc2ccccc2)ns1. The van der Waals surface area contributed by atoms with E-state index in [0.29, 0.717) is 31.8 Å². The van der Waals surface area contributed by atoms with Crippen molar-refractivity contribution in [3.63, 3.8) is 0 Å². The Kier molecular flexibility index (Phi) is 7.21. The predicted molar refractivity (Wildman–Crippen MR) is 125 cm³/mol. The minimum absolute atomic E-state index is 0.00504. The summed E-state index contributed by atoms with van der Waals surface area (Å²) in [6.07, 6.45) is 1.10. The molecular weight excluding hydrogens is 424 g/mol. The number of benzene rings is 2. The normalized spacial score (nSPS) is 12.2. The maximum Gasteiger partial charge on any atom is 0.231 e. The van der Waals surface area contributed by atoms with Crippen molar-refractivity contribution in [2.24, 2.45) is 5.92 Å². The number of ether oxygens (including phenoxy) is 2. The molecule has 0 saturated carbocycles. The van der Waals surface area contributed by atoms with E-state index in [1.165, 1.54) is 17.1 Å². The van der Waals surface area contributed by atoms with Gasteiger partial charge in [-0.05, 0) is 29.2 Å². The fourth-order valence-corrected chi connectivity index (χ4v) is 4.23. The van der Waals surface area contributed by atoms with Gasteiger partial charge in [-0.15, -0.1) is 0 Å². The number of amides is 1. The third kappa shape index (κ3) is 5.97. The van der Waals surface area contributed by atoms with Crippen molar-refractivity contribution >= 4 is 22.6 Å². The van der Waals surface area contributed by atoms with Gasteiger partial charge < -0.3 is 19.7 Å². The molecule has 0 atom stereocenters. The Morgan fingerprint density at radius 2 is 1.94 bits per heavy atom. The van der Waals surface area contributed by atoms with Crippen molar-refractivity contribution < 1.29 is 14.3 Å². The van der Waals surface area contributed by atoms with Crippen LogP contribution < -0.4 is 19.7 Å². The molecule has 0 aliphatic carbocycles. The van der Waals surface area contributed by atoms with E-state index in [-0.39, 0.29) is 12.7 Å². The summed E-state index contributed by atoms with van der Waals surface area (Å²) < 4.78 is 15.3. The molecule has 4 rings (SSSR count). The number of hydrogen-bond donors (Lipinski definition) is 1. The summed E-state index contributed by atoms with van der Waals surface area (Å²) in [5.74, 6) is 2.74. The van der Waals surface area contributed by atoms with Gasteiger partial charge in [-0.25, -0.2) is 4.98 Å². The molecule has 0 spiro atoms. The third-order valence-electron chi connectivity index (χ3n) is 5.05. The molecule has 7 nitrogen and oxygen atoms in total. The number of nitrogens with zero attached hydrogens (tertiary/aromatic N) is 3. The zero-order valence-corrected chi connectivity index (χ0v) is 19.2. The van der Waals surface area contributed by atoms with Crippen LogP contribution in [0.1, 0.15) is 37.2 Å². The summed E-state index contributed by atoms with van der Waals surface area (Å²) in [5, 5.41) is 3.86. The van der Waals surface area contributed by atoms with E-state index >= 15 is 0 Å². The summed E-state index contributed by atoms with van der Waals surface area (Å²) in [6, 6.07) is 15.9. The first-order chi connectivity index (χ1) is 15.6. The molecule has 1 aliphatic rings. The fraction of sp³-hybridized carbons (Fsp3) is 0.375. The van der Waals surface area contributed by atoms with Crippen LogP contribution in [0, 0.1) is 5.92 Å². The number of nitrogens with one attached hydrogen (secondary N) is 1. The van der Waals surface area contributed by atoms with E-state index in [4.69, 9.17) is 14.5 Å². The van der Waals surface area contributed by atoms with Crippen molar-refractivity contribution in [3.05, 3.63) is 65.5 Å². The molecule has 32 heavy (non-hydrogen) atoms. The molecule has 1 aliphatic heterocycles. The van der Waals surface area contributed by atoms with Gasteiger partial charge in [0.2, 0.25) is 17.8 Å². The average Bonchev–Trinajstić information content (AvgIpc) is 3.45. The van der Waals surface area contributed by atoms with Gasteiger partial charge in [0.05, 0.1) is 0 Å². The summed E-state index contributed by atoms with van der Waals surface area (Å²) in [6.45, 7) is 6.47. The second-order valence-corrected chi connectivity index (χ2v) is 8.94. The summed E-state index contributed by atoms with van der Waals surface area (Å²) in [5.41, 5.74) is 2.17. The number of rotatable bonds is 10. The largest absolute Gasteiger partial charge is 0.454 e. The standard InChI is InChI=1S/C24H28N4O3S/c1-17(2)15-28(24-26-22(27-32-24)13-18-6-4-3-5-7-18)11-10-23(29)25-14-19-8-9-20-21(12-19)31-16-30-20/h3-9,12,17H,10-11,13-16H2,1-2H3,(H,25,29). The summed E-state index contributed by atoms with van der Waals surface area (Å²) >= 11 is 1.40. The molecule has 8 heteroatoms. The fourth-order valence-electron chi connectivity index (χ4n) is 3.51. The van der Waals surface area contributed by atoms with Gasteiger partial charge in [-0.2, -0.15) is 4.37 Å². The van der Waals surface area contributed by atoms with Crippen LogP contribution >= 0.6 is 11.5 Å². The summed E-state index contributed by atoms with van der Waals surface area (Å²) in [4.78, 5) is 19.4. The molecule has 2 aromatic carbocycles. The van der Waals surface area contributed by atoms with Crippen LogP contribution in [-0.4, -0.2) is 35.1 Å². The zero-order valence-electron chi connectivity index (χ0n) is 18.4. The Balaban J connectivity index is 1.31. The van der Waals surface area contributed by atoms with Crippen LogP contribution in [0.4, 0.5) is 5.13 Å². The van der Waals surface area contributed by atoms with Gasteiger partial charge in [0, 0.05) is 44.0 Å². The number of hydrogen-bond acceptors (Lipinski definition) is 7. The smallest absolute Gasteiger partial charge is 0.231 e. The van der Waals surface area contributed by atoms with Gasteiger partial charge in [0.15, 0.2) is 11.5 Å². The monoisotopic (exact) mass is 452 g/mol. The lowest BCUT2D eigenvalue weighted by Gasteiger charge is -2.23. The molecule has 0 unspecified atom stereocenters. The van der Waals surface area contributed by atoms with Crippen molar-refractivity contribution in [3.8, 4) is 11.5 Å². The molecule has 0 fully saturated rings. The lowest BCUT2D eigenvalue weighted by molar-refractivity contribution is -0.121. The van der Waals surface area contributed by atoms with Crippen LogP contribution in [0.3, 0.4) is 0 Å². The lowest BCUT2D eigenvalue weighted by atomic mass is 10.1. The van der Waals surface area contributed by atoms with Crippen LogP contribution in [-0.2, 0) is 17.8 Å². The van der Waals surface area contributed by atoms with Crippen molar-refractivity contribution in [1.29, 1.82) is 0 Å². The molecular formula is C24H28N4O3S. The lowest BCUT2D eigenvalue weighted by Crippen LogP contribution is -2.33. The molecule has 2 heterocycles. The van der Waals surface area contributed by atoms with Crippen LogP contribution in [0.25, 0.3) is 0 Å². The van der Waals surface area contributed by atoms with Crippen LogP contribution in [0.15, 0.2) is 48.5 Å². The predicted octanol–water partition coefficient (Wildman–Crippen LogP) is 4.03. The highest BCUT2D eigenvalue weighted by Crippen LogP contribution is 2.32. The van der Waals surface area contributed by atoms with Gasteiger partial charge in [0.25, 0.3) is 0 Å². The van der Waals surface area contributed by atoms with Gasteiger partial charge in [0.1, 0.15) is 5.82 Å². The molecule has 168 valence electrons. The maximum absolute atomic E-state index is 12.5. The van der Waals surface area contributed by atoms with E-state index in [0.717, 1.165) is 34.6 Å². The highest BCUT2D eigenvalue weighted by atomic mass is 32.1. The van der Waals surface area contributed by atoms with Crippen molar-refractivity contribution in [2.75, 3.05) is 24.8 Å². The molecule has 0 radical (unpaired) electrons. The Morgan fingerprint density at radius 1 is 1.12 bits per heavy atom. The molecule has 1 amide bonds.